The van der Waals surface area contributed by atoms with E-state index in [-0.39, 0.29) is 0 Å². The van der Waals surface area contributed by atoms with Crippen LogP contribution in [0.4, 0.5) is 0 Å². The number of hydrogen-bond acceptors (Lipinski definition) is 0. The Morgan fingerprint density at radius 3 is 1.40 bits per heavy atom. The SMILES string of the molecule is Cn1c2ccccc2c2c3c4ccccc4n(-c4ccc(-c5ccc(-c6ccccc6)cc5)cc4)c3c3ccccc3c21. The summed E-state index contributed by atoms with van der Waals surface area (Å²) in [5, 5.41) is 7.78. The average molecular weight is 549 g/mol. The fraction of sp³-hybridized carbons (Fsp3) is 0.0244. The molecule has 0 unspecified atom stereocenters. The van der Waals surface area contributed by atoms with Gasteiger partial charge in [-0.3, -0.25) is 0 Å². The summed E-state index contributed by atoms with van der Waals surface area (Å²) in [6.07, 6.45) is 0. The first-order chi connectivity index (χ1) is 21.3. The van der Waals surface area contributed by atoms with Crippen LogP contribution >= 0.6 is 0 Å². The van der Waals surface area contributed by atoms with E-state index in [9.17, 15) is 0 Å². The third-order valence-electron chi connectivity index (χ3n) is 9.12. The van der Waals surface area contributed by atoms with Gasteiger partial charge in [0.25, 0.3) is 0 Å². The van der Waals surface area contributed by atoms with Crippen LogP contribution in [0.5, 0.6) is 0 Å². The minimum absolute atomic E-state index is 1.17. The standard InChI is InChI=1S/C41H28N2/c1-42-36-17-9-7-15-34(36)38-39-35-16-8-10-18-37(35)43(41(39)33-14-6-5-13-32(33)40(38)42)31-25-23-30(24-26-31)29-21-19-28(20-22-29)27-11-3-2-4-12-27/h2-26H,1H3. The molecular weight excluding hydrogens is 520 g/mol. The van der Waals surface area contributed by atoms with E-state index in [1.54, 1.807) is 0 Å². The van der Waals surface area contributed by atoms with Gasteiger partial charge < -0.3 is 9.13 Å². The summed E-state index contributed by atoms with van der Waals surface area (Å²) in [7, 11) is 2.20. The highest BCUT2D eigenvalue weighted by molar-refractivity contribution is 6.37. The Morgan fingerprint density at radius 1 is 0.349 bits per heavy atom. The Balaban J connectivity index is 1.29. The zero-order chi connectivity index (χ0) is 28.5. The molecule has 0 radical (unpaired) electrons. The Kier molecular flexibility index (Phi) is 5.15. The van der Waals surface area contributed by atoms with E-state index < -0.39 is 0 Å². The number of aryl methyl sites for hydroxylation is 1. The fourth-order valence-corrected chi connectivity index (χ4v) is 7.16. The van der Waals surface area contributed by atoms with Gasteiger partial charge >= 0.3 is 0 Å². The molecule has 0 atom stereocenters. The molecule has 0 spiro atoms. The van der Waals surface area contributed by atoms with Gasteiger partial charge in [0.2, 0.25) is 0 Å². The van der Waals surface area contributed by atoms with Crippen LogP contribution in [0.1, 0.15) is 0 Å². The monoisotopic (exact) mass is 548 g/mol. The first kappa shape index (κ1) is 24.0. The summed E-state index contributed by atoms with van der Waals surface area (Å²) in [4.78, 5) is 0. The lowest BCUT2D eigenvalue weighted by atomic mass is 9.99. The van der Waals surface area contributed by atoms with Crippen molar-refractivity contribution in [1.29, 1.82) is 0 Å². The van der Waals surface area contributed by atoms with Gasteiger partial charge in [-0.15, -0.1) is 0 Å². The lowest BCUT2D eigenvalue weighted by molar-refractivity contribution is 1.02. The molecule has 0 N–H and O–H groups in total. The van der Waals surface area contributed by atoms with E-state index in [1.165, 1.54) is 82.3 Å². The van der Waals surface area contributed by atoms with Crippen molar-refractivity contribution in [2.45, 2.75) is 0 Å². The third kappa shape index (κ3) is 3.47. The summed E-state index contributed by atoms with van der Waals surface area (Å²) in [5.74, 6) is 0. The van der Waals surface area contributed by atoms with Crippen molar-refractivity contribution in [2.75, 3.05) is 0 Å². The van der Waals surface area contributed by atoms with Crippen molar-refractivity contribution in [1.82, 2.24) is 9.13 Å². The lowest BCUT2D eigenvalue weighted by Crippen LogP contribution is -1.95. The van der Waals surface area contributed by atoms with Gasteiger partial charge in [-0.1, -0.05) is 127 Å². The topological polar surface area (TPSA) is 9.86 Å². The molecule has 0 saturated heterocycles. The summed E-state index contributed by atoms with van der Waals surface area (Å²) in [6.45, 7) is 0. The number of para-hydroxylation sites is 2. The molecule has 0 saturated carbocycles. The summed E-state index contributed by atoms with van der Waals surface area (Å²) in [5.41, 5.74) is 11.1. The maximum absolute atomic E-state index is 2.47. The molecule has 0 amide bonds. The van der Waals surface area contributed by atoms with Crippen molar-refractivity contribution in [3.8, 4) is 27.9 Å². The van der Waals surface area contributed by atoms with Crippen LogP contribution in [0.2, 0.25) is 0 Å². The van der Waals surface area contributed by atoms with Crippen LogP contribution in [-0.4, -0.2) is 9.13 Å². The number of hydrogen-bond donors (Lipinski definition) is 0. The molecule has 2 nitrogen and oxygen atoms in total. The molecule has 2 heterocycles. The van der Waals surface area contributed by atoms with E-state index in [0.29, 0.717) is 0 Å². The van der Waals surface area contributed by atoms with Crippen LogP contribution in [0.25, 0.3) is 82.3 Å². The van der Waals surface area contributed by atoms with Gasteiger partial charge in [0.1, 0.15) is 0 Å². The molecule has 0 aliphatic carbocycles. The normalized spacial score (nSPS) is 11.8. The molecule has 0 aliphatic heterocycles. The number of benzene rings is 7. The molecule has 0 bridgehead atoms. The first-order valence-electron chi connectivity index (χ1n) is 14.9. The van der Waals surface area contributed by atoms with Gasteiger partial charge in [-0.25, -0.2) is 0 Å². The second kappa shape index (κ2) is 9.20. The van der Waals surface area contributed by atoms with E-state index in [0.717, 1.165) is 0 Å². The van der Waals surface area contributed by atoms with Crippen LogP contribution < -0.4 is 0 Å². The van der Waals surface area contributed by atoms with E-state index in [4.69, 9.17) is 0 Å². The van der Waals surface area contributed by atoms with E-state index >= 15 is 0 Å². The van der Waals surface area contributed by atoms with Gasteiger partial charge in [0.15, 0.2) is 0 Å². The quantitative estimate of drug-likeness (QED) is 0.208. The summed E-state index contributed by atoms with van der Waals surface area (Å²) >= 11 is 0. The summed E-state index contributed by atoms with van der Waals surface area (Å²) in [6, 6.07) is 55.1. The predicted octanol–water partition coefficient (Wildman–Crippen LogP) is 10.9. The Bertz CT molecular complexity index is 2480. The van der Waals surface area contributed by atoms with Gasteiger partial charge in [-0.05, 0) is 46.5 Å². The zero-order valence-corrected chi connectivity index (χ0v) is 23.8. The molecule has 0 aliphatic rings. The van der Waals surface area contributed by atoms with Crippen molar-refractivity contribution in [2.24, 2.45) is 7.05 Å². The van der Waals surface area contributed by atoms with Crippen LogP contribution in [0.3, 0.4) is 0 Å². The first-order valence-corrected chi connectivity index (χ1v) is 14.9. The molecule has 2 aromatic heterocycles. The van der Waals surface area contributed by atoms with Gasteiger partial charge in [0, 0.05) is 50.6 Å². The maximum Gasteiger partial charge on any atom is 0.0627 e. The van der Waals surface area contributed by atoms with Crippen molar-refractivity contribution >= 4 is 54.4 Å². The smallest absolute Gasteiger partial charge is 0.0627 e. The Labute approximate surface area is 249 Å². The van der Waals surface area contributed by atoms with Crippen LogP contribution in [0.15, 0.2) is 152 Å². The highest BCUT2D eigenvalue weighted by Gasteiger charge is 2.22. The predicted molar refractivity (Wildman–Crippen MR) is 183 cm³/mol. The zero-order valence-electron chi connectivity index (χ0n) is 23.8. The highest BCUT2D eigenvalue weighted by atomic mass is 15.0. The molecule has 43 heavy (non-hydrogen) atoms. The Hall–Kier alpha value is -5.60. The van der Waals surface area contributed by atoms with E-state index in [1.807, 2.05) is 0 Å². The average Bonchev–Trinajstić information content (AvgIpc) is 3.58. The van der Waals surface area contributed by atoms with Gasteiger partial charge in [0.05, 0.1) is 16.6 Å². The van der Waals surface area contributed by atoms with Crippen molar-refractivity contribution < 1.29 is 0 Å². The van der Waals surface area contributed by atoms with Crippen molar-refractivity contribution in [3.63, 3.8) is 0 Å². The number of nitrogens with zero attached hydrogens (tertiary/aromatic N) is 2. The minimum Gasteiger partial charge on any atom is -0.343 e. The molecule has 9 rings (SSSR count). The second-order valence-corrected chi connectivity index (χ2v) is 11.4. The number of rotatable bonds is 3. The lowest BCUT2D eigenvalue weighted by Gasteiger charge is -2.12. The number of fused-ring (bicyclic) bond motifs is 10. The molecule has 202 valence electrons. The van der Waals surface area contributed by atoms with Crippen LogP contribution in [-0.2, 0) is 7.05 Å². The number of aromatic nitrogens is 2. The molecule has 9 aromatic rings. The van der Waals surface area contributed by atoms with Gasteiger partial charge in [-0.2, -0.15) is 0 Å². The molecule has 7 aromatic carbocycles. The van der Waals surface area contributed by atoms with E-state index in [2.05, 4.69) is 168 Å². The molecule has 2 heteroatoms. The third-order valence-corrected chi connectivity index (χ3v) is 9.12. The Morgan fingerprint density at radius 2 is 0.767 bits per heavy atom. The second-order valence-electron chi connectivity index (χ2n) is 11.4. The van der Waals surface area contributed by atoms with Crippen LogP contribution in [0, 0.1) is 0 Å². The largest absolute Gasteiger partial charge is 0.343 e. The molecule has 0 fully saturated rings. The highest BCUT2D eigenvalue weighted by Crippen LogP contribution is 2.45. The minimum atomic E-state index is 1.17. The van der Waals surface area contributed by atoms with Crippen molar-refractivity contribution in [3.05, 3.63) is 152 Å². The summed E-state index contributed by atoms with van der Waals surface area (Å²) < 4.78 is 4.84. The maximum atomic E-state index is 2.47. The fourth-order valence-electron chi connectivity index (χ4n) is 7.16. The molecular formula is C41H28N2.